The summed E-state index contributed by atoms with van der Waals surface area (Å²) in [5.41, 5.74) is 1.000. The Hall–Kier alpha value is -1.26. The molecule has 0 aliphatic heterocycles. The number of hydrogen-bond acceptors (Lipinski definition) is 1. The molecule has 0 radical (unpaired) electrons. The monoisotopic (exact) mass is 204 g/mol. The molecule has 0 saturated carbocycles. The fourth-order valence-corrected chi connectivity index (χ4v) is 1.14. The Balaban J connectivity index is 4.13. The Morgan fingerprint density at radius 3 is 2.67 bits per heavy atom. The highest BCUT2D eigenvalue weighted by Gasteiger charge is 2.11. The highest BCUT2D eigenvalue weighted by atomic mass is 16.3. The van der Waals surface area contributed by atoms with Crippen LogP contribution in [0.25, 0.3) is 0 Å². The molecule has 0 bridgehead atoms. The van der Waals surface area contributed by atoms with Crippen molar-refractivity contribution in [1.82, 2.24) is 0 Å². The summed E-state index contributed by atoms with van der Waals surface area (Å²) in [6.07, 6.45) is 15.0. The van der Waals surface area contributed by atoms with Crippen molar-refractivity contribution in [3.8, 4) is 12.3 Å². The first-order valence-corrected chi connectivity index (χ1v) is 5.21. The van der Waals surface area contributed by atoms with Crippen molar-refractivity contribution in [2.75, 3.05) is 0 Å². The SMILES string of the molecule is C#CC/C=C/C=C/[C@@H](C)[C@@H](O)/C(C)=C/C. The second-order valence-corrected chi connectivity index (χ2v) is 3.56. The number of aliphatic hydroxyl groups excluding tert-OH is 1. The van der Waals surface area contributed by atoms with Crippen LogP contribution in [0.3, 0.4) is 0 Å². The smallest absolute Gasteiger partial charge is 0.0807 e. The van der Waals surface area contributed by atoms with Crippen molar-refractivity contribution in [2.45, 2.75) is 33.3 Å². The molecule has 0 aromatic heterocycles. The van der Waals surface area contributed by atoms with E-state index in [4.69, 9.17) is 6.42 Å². The normalized spacial score (nSPS) is 16.9. The molecule has 0 rings (SSSR count). The number of terminal acetylenes is 1. The van der Waals surface area contributed by atoms with Crippen LogP contribution in [0.2, 0.25) is 0 Å². The molecule has 1 nitrogen and oxygen atoms in total. The molecule has 82 valence electrons. The molecule has 0 aliphatic rings. The van der Waals surface area contributed by atoms with E-state index in [9.17, 15) is 5.11 Å². The lowest BCUT2D eigenvalue weighted by Gasteiger charge is -2.15. The average molecular weight is 204 g/mol. The maximum Gasteiger partial charge on any atom is 0.0807 e. The zero-order valence-corrected chi connectivity index (χ0v) is 9.77. The van der Waals surface area contributed by atoms with Gasteiger partial charge in [-0.25, -0.2) is 0 Å². The van der Waals surface area contributed by atoms with Gasteiger partial charge in [-0.1, -0.05) is 37.3 Å². The van der Waals surface area contributed by atoms with Crippen molar-refractivity contribution in [2.24, 2.45) is 5.92 Å². The van der Waals surface area contributed by atoms with E-state index >= 15 is 0 Å². The maximum atomic E-state index is 9.81. The van der Waals surface area contributed by atoms with Crippen LogP contribution in [-0.4, -0.2) is 11.2 Å². The summed E-state index contributed by atoms with van der Waals surface area (Å²) < 4.78 is 0. The summed E-state index contributed by atoms with van der Waals surface area (Å²) in [6.45, 7) is 5.86. The van der Waals surface area contributed by atoms with Crippen LogP contribution in [0, 0.1) is 18.3 Å². The Bertz CT molecular complexity index is 289. The molecule has 0 amide bonds. The van der Waals surface area contributed by atoms with E-state index in [0.29, 0.717) is 6.42 Å². The molecule has 0 heterocycles. The topological polar surface area (TPSA) is 20.2 Å². The highest BCUT2D eigenvalue weighted by molar-refractivity contribution is 5.12. The van der Waals surface area contributed by atoms with E-state index in [1.807, 2.05) is 51.2 Å². The zero-order chi connectivity index (χ0) is 11.7. The molecule has 1 heteroatoms. The Kier molecular flexibility index (Phi) is 7.40. The molecule has 2 atom stereocenters. The van der Waals surface area contributed by atoms with Gasteiger partial charge in [0.25, 0.3) is 0 Å². The van der Waals surface area contributed by atoms with Crippen LogP contribution in [0.15, 0.2) is 36.0 Å². The van der Waals surface area contributed by atoms with Crippen LogP contribution in [-0.2, 0) is 0 Å². The summed E-state index contributed by atoms with van der Waals surface area (Å²) in [7, 11) is 0. The van der Waals surface area contributed by atoms with Gasteiger partial charge < -0.3 is 5.11 Å². The van der Waals surface area contributed by atoms with Gasteiger partial charge in [0.2, 0.25) is 0 Å². The first-order chi connectivity index (χ1) is 7.13. The summed E-state index contributed by atoms with van der Waals surface area (Å²) in [4.78, 5) is 0. The van der Waals surface area contributed by atoms with Crippen LogP contribution in [0.4, 0.5) is 0 Å². The fourth-order valence-electron chi connectivity index (χ4n) is 1.14. The van der Waals surface area contributed by atoms with E-state index in [1.165, 1.54) is 0 Å². The lowest BCUT2D eigenvalue weighted by molar-refractivity contribution is 0.173. The Morgan fingerprint density at radius 1 is 1.47 bits per heavy atom. The lowest BCUT2D eigenvalue weighted by Crippen LogP contribution is -2.16. The first kappa shape index (κ1) is 13.7. The molecule has 0 saturated heterocycles. The number of rotatable bonds is 5. The Morgan fingerprint density at radius 2 is 2.13 bits per heavy atom. The number of allylic oxidation sites excluding steroid dienone is 4. The van der Waals surface area contributed by atoms with Crippen molar-refractivity contribution in [3.63, 3.8) is 0 Å². The zero-order valence-electron chi connectivity index (χ0n) is 9.77. The number of hydrogen-bond donors (Lipinski definition) is 1. The molecule has 0 aromatic rings. The average Bonchev–Trinajstić information content (AvgIpc) is 2.26. The second kappa shape index (κ2) is 8.08. The third-order valence-corrected chi connectivity index (χ3v) is 2.32. The van der Waals surface area contributed by atoms with Crippen molar-refractivity contribution < 1.29 is 5.11 Å². The summed E-state index contributed by atoms with van der Waals surface area (Å²) in [5, 5.41) is 9.81. The van der Waals surface area contributed by atoms with Gasteiger partial charge in [-0.05, 0) is 19.4 Å². The maximum absolute atomic E-state index is 9.81. The van der Waals surface area contributed by atoms with Gasteiger partial charge in [-0.3, -0.25) is 0 Å². The third kappa shape index (κ3) is 5.93. The van der Waals surface area contributed by atoms with E-state index in [-0.39, 0.29) is 5.92 Å². The van der Waals surface area contributed by atoms with Crippen LogP contribution < -0.4 is 0 Å². The predicted molar refractivity (Wildman–Crippen MR) is 66.3 cm³/mol. The molecule has 0 fully saturated rings. The molecular formula is C14H20O. The van der Waals surface area contributed by atoms with Crippen LogP contribution in [0.1, 0.15) is 27.2 Å². The van der Waals surface area contributed by atoms with Gasteiger partial charge in [-0.2, -0.15) is 0 Å². The quantitative estimate of drug-likeness (QED) is 0.414. The molecular weight excluding hydrogens is 184 g/mol. The lowest BCUT2D eigenvalue weighted by atomic mass is 9.98. The minimum Gasteiger partial charge on any atom is -0.388 e. The number of aliphatic hydroxyl groups is 1. The summed E-state index contributed by atoms with van der Waals surface area (Å²) in [5.74, 6) is 2.65. The fraction of sp³-hybridized carbons (Fsp3) is 0.429. The summed E-state index contributed by atoms with van der Waals surface area (Å²) >= 11 is 0. The molecule has 0 aliphatic carbocycles. The molecule has 0 aromatic carbocycles. The third-order valence-electron chi connectivity index (χ3n) is 2.32. The van der Waals surface area contributed by atoms with E-state index in [0.717, 1.165) is 5.57 Å². The van der Waals surface area contributed by atoms with Gasteiger partial charge in [0.05, 0.1) is 6.10 Å². The largest absolute Gasteiger partial charge is 0.388 e. The standard InChI is InChI=1S/C14H20O/c1-5-7-8-9-10-11-13(4)14(15)12(3)6-2/h1,6,8-11,13-15H,7H2,2-4H3/b9-8+,11-10+,12-6+/t13-,14+/m1/s1. The molecule has 0 spiro atoms. The molecule has 1 N–H and O–H groups in total. The Labute approximate surface area is 93.2 Å². The van der Waals surface area contributed by atoms with Gasteiger partial charge >= 0.3 is 0 Å². The summed E-state index contributed by atoms with van der Waals surface area (Å²) in [6, 6.07) is 0. The first-order valence-electron chi connectivity index (χ1n) is 5.21. The predicted octanol–water partition coefficient (Wildman–Crippen LogP) is 3.09. The minimum absolute atomic E-state index is 0.122. The second-order valence-electron chi connectivity index (χ2n) is 3.56. The van der Waals surface area contributed by atoms with Crippen LogP contribution in [0.5, 0.6) is 0 Å². The van der Waals surface area contributed by atoms with Gasteiger partial charge in [0.15, 0.2) is 0 Å². The van der Waals surface area contributed by atoms with E-state index < -0.39 is 6.10 Å². The molecule has 15 heavy (non-hydrogen) atoms. The van der Waals surface area contributed by atoms with Gasteiger partial charge in [-0.15, -0.1) is 12.3 Å². The van der Waals surface area contributed by atoms with E-state index in [1.54, 1.807) is 0 Å². The van der Waals surface area contributed by atoms with Gasteiger partial charge in [0, 0.05) is 12.3 Å². The van der Waals surface area contributed by atoms with Gasteiger partial charge in [0.1, 0.15) is 0 Å². The van der Waals surface area contributed by atoms with Crippen molar-refractivity contribution >= 4 is 0 Å². The minimum atomic E-state index is -0.396. The molecule has 0 unspecified atom stereocenters. The van der Waals surface area contributed by atoms with Crippen LogP contribution >= 0.6 is 0 Å². The van der Waals surface area contributed by atoms with Crippen molar-refractivity contribution in [3.05, 3.63) is 36.0 Å². The van der Waals surface area contributed by atoms with Crippen molar-refractivity contribution in [1.29, 1.82) is 0 Å². The highest BCUT2D eigenvalue weighted by Crippen LogP contribution is 2.13. The van der Waals surface area contributed by atoms with E-state index in [2.05, 4.69) is 5.92 Å².